The zero-order valence-corrected chi connectivity index (χ0v) is 11.1. The van der Waals surface area contributed by atoms with Crippen molar-refractivity contribution in [2.45, 2.75) is 19.6 Å². The third-order valence-corrected chi connectivity index (χ3v) is 3.23. The number of hydrogen-bond acceptors (Lipinski definition) is 4. The largest absolute Gasteiger partial charge is 0.488 e. The summed E-state index contributed by atoms with van der Waals surface area (Å²) in [5.74, 6) is 0.708. The highest BCUT2D eigenvalue weighted by molar-refractivity contribution is 5.89. The smallest absolute Gasteiger partial charge is 0.133 e. The van der Waals surface area contributed by atoms with Crippen molar-refractivity contribution < 1.29 is 14.4 Å². The van der Waals surface area contributed by atoms with E-state index in [0.29, 0.717) is 12.4 Å². The van der Waals surface area contributed by atoms with Gasteiger partial charge >= 0.3 is 0 Å². The topological polar surface area (TPSA) is 55.5 Å². The molecule has 0 saturated carbocycles. The summed E-state index contributed by atoms with van der Waals surface area (Å²) >= 11 is 0. The molecule has 1 atom stereocenters. The molecule has 0 fully saturated rings. The van der Waals surface area contributed by atoms with Crippen LogP contribution in [0.25, 0.3) is 10.8 Å². The van der Waals surface area contributed by atoms with Gasteiger partial charge in [-0.2, -0.15) is 0 Å². The van der Waals surface area contributed by atoms with E-state index in [9.17, 15) is 5.11 Å². The Kier molecular flexibility index (Phi) is 3.39. The van der Waals surface area contributed by atoms with Crippen LogP contribution in [0.4, 0.5) is 0 Å². The van der Waals surface area contributed by atoms with E-state index in [1.54, 1.807) is 19.4 Å². The first-order valence-corrected chi connectivity index (χ1v) is 6.46. The van der Waals surface area contributed by atoms with Crippen molar-refractivity contribution in [1.82, 2.24) is 5.16 Å². The third-order valence-electron chi connectivity index (χ3n) is 3.23. The first kappa shape index (κ1) is 12.7. The maximum absolute atomic E-state index is 9.91. The van der Waals surface area contributed by atoms with E-state index in [0.717, 1.165) is 21.9 Å². The van der Waals surface area contributed by atoms with Crippen LogP contribution >= 0.6 is 0 Å². The maximum Gasteiger partial charge on any atom is 0.133 e. The first-order valence-electron chi connectivity index (χ1n) is 6.46. The molecule has 1 heterocycles. The van der Waals surface area contributed by atoms with Crippen LogP contribution in [0.2, 0.25) is 0 Å². The number of nitrogens with zero attached hydrogens (tertiary/aromatic N) is 1. The Balaban J connectivity index is 2.03. The average molecular weight is 269 g/mol. The van der Waals surface area contributed by atoms with Gasteiger partial charge in [-0.1, -0.05) is 41.6 Å². The van der Waals surface area contributed by atoms with Gasteiger partial charge in [0.15, 0.2) is 0 Å². The molecule has 1 N–H and O–H groups in total. The third kappa shape index (κ3) is 2.38. The van der Waals surface area contributed by atoms with Crippen molar-refractivity contribution >= 4 is 10.8 Å². The number of benzene rings is 2. The SMILES string of the molecule is CC(O)c1ccc2ccccc2c1OCc1cnoc1. The minimum Gasteiger partial charge on any atom is -0.488 e. The van der Waals surface area contributed by atoms with Crippen LogP contribution in [-0.4, -0.2) is 10.3 Å². The lowest BCUT2D eigenvalue weighted by Crippen LogP contribution is -2.01. The maximum atomic E-state index is 9.91. The fraction of sp³-hybridized carbons (Fsp3) is 0.188. The highest BCUT2D eigenvalue weighted by atomic mass is 16.5. The summed E-state index contributed by atoms with van der Waals surface area (Å²) in [7, 11) is 0. The molecule has 102 valence electrons. The molecular weight excluding hydrogens is 254 g/mol. The lowest BCUT2D eigenvalue weighted by atomic mass is 10.0. The fourth-order valence-electron chi connectivity index (χ4n) is 2.20. The number of hydrogen-bond donors (Lipinski definition) is 1. The van der Waals surface area contributed by atoms with E-state index in [2.05, 4.69) is 5.16 Å². The molecule has 4 nitrogen and oxygen atoms in total. The summed E-state index contributed by atoms with van der Waals surface area (Å²) in [5, 5.41) is 15.6. The van der Waals surface area contributed by atoms with Gasteiger partial charge in [0.25, 0.3) is 0 Å². The summed E-state index contributed by atoms with van der Waals surface area (Å²) in [6.45, 7) is 2.09. The Labute approximate surface area is 116 Å². The van der Waals surface area contributed by atoms with Gasteiger partial charge in [0.2, 0.25) is 0 Å². The van der Waals surface area contributed by atoms with Crippen molar-refractivity contribution in [3.63, 3.8) is 0 Å². The van der Waals surface area contributed by atoms with E-state index in [1.807, 2.05) is 36.4 Å². The second-order valence-electron chi connectivity index (χ2n) is 4.70. The highest BCUT2D eigenvalue weighted by Crippen LogP contribution is 2.34. The molecule has 1 unspecified atom stereocenters. The first-order chi connectivity index (χ1) is 9.75. The van der Waals surface area contributed by atoms with Crippen LogP contribution in [0.15, 0.2) is 53.4 Å². The van der Waals surface area contributed by atoms with Crippen LogP contribution in [0.1, 0.15) is 24.2 Å². The monoisotopic (exact) mass is 269 g/mol. The van der Waals surface area contributed by atoms with Crippen molar-refractivity contribution in [3.05, 3.63) is 60.0 Å². The molecule has 0 aliphatic rings. The molecule has 0 spiro atoms. The molecule has 2 aromatic carbocycles. The van der Waals surface area contributed by atoms with Crippen LogP contribution in [0, 0.1) is 0 Å². The minimum absolute atomic E-state index is 0.358. The minimum atomic E-state index is -0.586. The molecule has 0 saturated heterocycles. The second kappa shape index (κ2) is 5.35. The molecule has 1 aromatic heterocycles. The Hall–Kier alpha value is -2.33. The summed E-state index contributed by atoms with van der Waals surface area (Å²) in [5.41, 5.74) is 1.63. The number of aromatic nitrogens is 1. The standard InChI is InChI=1S/C16H15NO3/c1-11(18)14-7-6-13-4-2-3-5-15(13)16(14)19-9-12-8-17-20-10-12/h2-8,10-11,18H,9H2,1H3. The summed E-state index contributed by atoms with van der Waals surface area (Å²) in [4.78, 5) is 0. The van der Waals surface area contributed by atoms with Gasteiger partial charge in [-0.3, -0.25) is 0 Å². The lowest BCUT2D eigenvalue weighted by molar-refractivity contribution is 0.190. The zero-order valence-electron chi connectivity index (χ0n) is 11.1. The Morgan fingerprint density at radius 2 is 2.10 bits per heavy atom. The molecule has 0 radical (unpaired) electrons. The summed E-state index contributed by atoms with van der Waals surface area (Å²) < 4.78 is 10.7. The average Bonchev–Trinajstić information content (AvgIpc) is 2.97. The summed E-state index contributed by atoms with van der Waals surface area (Å²) in [6.07, 6.45) is 2.58. The molecule has 0 aliphatic heterocycles. The van der Waals surface area contributed by atoms with Gasteiger partial charge in [-0.15, -0.1) is 0 Å². The van der Waals surface area contributed by atoms with Crippen LogP contribution in [0.5, 0.6) is 5.75 Å². The summed E-state index contributed by atoms with van der Waals surface area (Å²) in [6, 6.07) is 11.8. The molecule has 3 rings (SSSR count). The van der Waals surface area contributed by atoms with Gasteiger partial charge in [0.05, 0.1) is 12.3 Å². The van der Waals surface area contributed by atoms with Crippen LogP contribution in [0.3, 0.4) is 0 Å². The molecule has 3 aromatic rings. The Bertz CT molecular complexity index is 705. The van der Waals surface area contributed by atoms with Gasteiger partial charge in [-0.05, 0) is 12.3 Å². The van der Waals surface area contributed by atoms with Crippen LogP contribution < -0.4 is 4.74 Å². The number of aliphatic hydroxyl groups excluding tert-OH is 1. The van der Waals surface area contributed by atoms with Crippen molar-refractivity contribution in [2.75, 3.05) is 0 Å². The quantitative estimate of drug-likeness (QED) is 0.788. The highest BCUT2D eigenvalue weighted by Gasteiger charge is 2.13. The van der Waals surface area contributed by atoms with E-state index in [4.69, 9.17) is 9.26 Å². The Morgan fingerprint density at radius 3 is 2.85 bits per heavy atom. The molecule has 4 heteroatoms. The van der Waals surface area contributed by atoms with Gasteiger partial charge in [-0.25, -0.2) is 0 Å². The van der Waals surface area contributed by atoms with Crippen molar-refractivity contribution in [2.24, 2.45) is 0 Å². The lowest BCUT2D eigenvalue weighted by Gasteiger charge is -2.15. The van der Waals surface area contributed by atoms with Gasteiger partial charge in [0, 0.05) is 16.5 Å². The van der Waals surface area contributed by atoms with Crippen molar-refractivity contribution in [1.29, 1.82) is 0 Å². The number of aliphatic hydroxyl groups is 1. The van der Waals surface area contributed by atoms with E-state index >= 15 is 0 Å². The van der Waals surface area contributed by atoms with Gasteiger partial charge < -0.3 is 14.4 Å². The Morgan fingerprint density at radius 1 is 1.25 bits per heavy atom. The normalized spacial score (nSPS) is 12.5. The van der Waals surface area contributed by atoms with Crippen LogP contribution in [-0.2, 0) is 6.61 Å². The zero-order chi connectivity index (χ0) is 13.9. The van der Waals surface area contributed by atoms with Crippen molar-refractivity contribution in [3.8, 4) is 5.75 Å². The molecular formula is C16H15NO3. The molecule has 0 amide bonds. The van der Waals surface area contributed by atoms with E-state index < -0.39 is 6.10 Å². The predicted octanol–water partition coefficient (Wildman–Crippen LogP) is 3.46. The van der Waals surface area contributed by atoms with E-state index in [1.165, 1.54) is 0 Å². The van der Waals surface area contributed by atoms with E-state index in [-0.39, 0.29) is 0 Å². The molecule has 0 aliphatic carbocycles. The molecule has 0 bridgehead atoms. The van der Waals surface area contributed by atoms with Gasteiger partial charge in [0.1, 0.15) is 18.6 Å². The number of fused-ring (bicyclic) bond motifs is 1. The molecule has 20 heavy (non-hydrogen) atoms. The number of ether oxygens (including phenoxy) is 1. The second-order valence-corrected chi connectivity index (χ2v) is 4.70. The number of rotatable bonds is 4. The fourth-order valence-corrected chi connectivity index (χ4v) is 2.20. The predicted molar refractivity (Wildman–Crippen MR) is 75.4 cm³/mol.